The number of nitrogens with one attached hydrogen (secondary N) is 1. The van der Waals surface area contributed by atoms with Crippen molar-refractivity contribution >= 4 is 28.6 Å². The molecular weight excluding hydrogens is 529 g/mol. The van der Waals surface area contributed by atoms with E-state index in [4.69, 9.17) is 17.3 Å². The lowest BCUT2D eigenvalue weighted by molar-refractivity contribution is -0.284. The number of nitrogen functional groups attached to an aromatic ring is 1. The van der Waals surface area contributed by atoms with Crippen LogP contribution < -0.4 is 22.6 Å². The number of fused-ring (bicyclic) bond motifs is 2. The molecule has 1 amide bonds. The summed E-state index contributed by atoms with van der Waals surface area (Å²) >= 11 is 0. The molecule has 3 aromatic heterocycles. The first-order valence-electron chi connectivity index (χ1n) is 11.6. The number of halogens is 5. The molecule has 39 heavy (non-hydrogen) atoms. The Hall–Kier alpha value is -4.15. The van der Waals surface area contributed by atoms with Gasteiger partial charge in [-0.15, -0.1) is 0 Å². The van der Waals surface area contributed by atoms with Crippen LogP contribution in [0.25, 0.3) is 22.6 Å². The molecule has 0 spiro atoms. The Kier molecular flexibility index (Phi) is 6.61. The quantitative estimate of drug-likeness (QED) is 0.192. The summed E-state index contributed by atoms with van der Waals surface area (Å²) in [7, 11) is 1.50. The molecule has 1 atom stereocenters. The van der Waals surface area contributed by atoms with Gasteiger partial charge >= 0.3 is 12.1 Å². The monoisotopic (exact) mass is 555 g/mol. The number of hydrogen-bond acceptors (Lipinski definition) is 10. The molecule has 1 unspecified atom stereocenters. The van der Waals surface area contributed by atoms with E-state index in [2.05, 4.69) is 30.4 Å². The van der Waals surface area contributed by atoms with Crippen molar-refractivity contribution in [2.24, 2.45) is 18.6 Å². The molecule has 4 rings (SSSR count). The van der Waals surface area contributed by atoms with Gasteiger partial charge < -0.3 is 21.8 Å². The number of hydrazine groups is 1. The van der Waals surface area contributed by atoms with Gasteiger partial charge in [0.1, 0.15) is 28.6 Å². The molecule has 1 aliphatic rings. The van der Waals surface area contributed by atoms with Crippen LogP contribution in [0.5, 0.6) is 0 Å². The minimum absolute atomic E-state index is 0.0211. The van der Waals surface area contributed by atoms with Crippen molar-refractivity contribution < 1.29 is 26.7 Å². The fourth-order valence-electron chi connectivity index (χ4n) is 3.99. The summed E-state index contributed by atoms with van der Waals surface area (Å²) in [5, 5.41) is 8.27. The Morgan fingerprint density at radius 3 is 2.49 bits per heavy atom. The zero-order valence-electron chi connectivity index (χ0n) is 21.3. The number of nitrogens with two attached hydrogens (primary N) is 3. The van der Waals surface area contributed by atoms with Crippen LogP contribution in [0.2, 0.25) is 0 Å². The number of anilines is 2. The van der Waals surface area contributed by atoms with E-state index in [0.29, 0.717) is 0 Å². The summed E-state index contributed by atoms with van der Waals surface area (Å²) in [5.74, 6) is -0.111. The first-order chi connectivity index (χ1) is 18.0. The van der Waals surface area contributed by atoms with E-state index in [1.165, 1.54) is 36.1 Å². The number of nitrogens with zero attached hydrogens (tertiary/aromatic N) is 7. The fraction of sp³-hybridized carbons (Fsp3) is 0.455. The van der Waals surface area contributed by atoms with Crippen LogP contribution in [-0.4, -0.2) is 58.8 Å². The predicted octanol–water partition coefficient (Wildman–Crippen LogP) is 2.13. The molecule has 0 saturated carbocycles. The lowest BCUT2D eigenvalue weighted by Crippen LogP contribution is -2.41. The second-order valence-corrected chi connectivity index (χ2v) is 9.56. The van der Waals surface area contributed by atoms with E-state index in [0.717, 1.165) is 0 Å². The first kappa shape index (κ1) is 27.9. The molecule has 3 aromatic rings. The highest BCUT2D eigenvalue weighted by atomic mass is 19.4. The van der Waals surface area contributed by atoms with Crippen molar-refractivity contribution in [1.82, 2.24) is 34.7 Å². The molecule has 7 N–H and O–H groups in total. The van der Waals surface area contributed by atoms with Gasteiger partial charge in [0.05, 0.1) is 17.1 Å². The molecule has 0 radical (unpaired) electrons. The topological polar surface area (TPSA) is 180 Å². The molecule has 12 nitrogen and oxygen atoms in total. The van der Waals surface area contributed by atoms with Crippen molar-refractivity contribution in [3.63, 3.8) is 0 Å². The maximum atomic E-state index is 13.6. The smallest absolute Gasteiger partial charge is 0.400 e. The Bertz CT molecular complexity index is 1480. The Morgan fingerprint density at radius 2 is 1.87 bits per heavy atom. The maximum absolute atomic E-state index is 13.6. The second kappa shape index (κ2) is 9.25. The van der Waals surface area contributed by atoms with E-state index in [9.17, 15) is 26.7 Å². The lowest BCUT2D eigenvalue weighted by Gasteiger charge is -2.27. The zero-order valence-corrected chi connectivity index (χ0v) is 21.3. The van der Waals surface area contributed by atoms with Gasteiger partial charge in [0.15, 0.2) is 11.5 Å². The van der Waals surface area contributed by atoms with Gasteiger partial charge in [-0.1, -0.05) is 0 Å². The van der Waals surface area contributed by atoms with Gasteiger partial charge in [-0.05, 0) is 20.8 Å². The van der Waals surface area contributed by atoms with Crippen LogP contribution in [-0.2, 0) is 23.7 Å². The Balaban J connectivity index is 1.81. The van der Waals surface area contributed by atoms with E-state index < -0.39 is 36.3 Å². The molecular formula is C22H26F5N11O. The van der Waals surface area contributed by atoms with Gasteiger partial charge in [0, 0.05) is 37.8 Å². The van der Waals surface area contributed by atoms with E-state index in [1.54, 1.807) is 0 Å². The molecule has 0 saturated heterocycles. The van der Waals surface area contributed by atoms with Gasteiger partial charge in [0.25, 0.3) is 0 Å². The summed E-state index contributed by atoms with van der Waals surface area (Å²) in [6, 6.07) is -0.128. The van der Waals surface area contributed by atoms with Crippen LogP contribution in [0.15, 0.2) is 18.1 Å². The predicted molar refractivity (Wildman–Crippen MR) is 130 cm³/mol. The molecule has 17 heteroatoms. The third-order valence-corrected chi connectivity index (χ3v) is 6.51. The summed E-state index contributed by atoms with van der Waals surface area (Å²) < 4.78 is 66.5. The van der Waals surface area contributed by atoms with E-state index in [1.807, 2.05) is 13.8 Å². The van der Waals surface area contributed by atoms with Crippen LogP contribution in [0.4, 0.5) is 33.6 Å². The lowest BCUT2D eigenvalue weighted by atomic mass is 9.81. The summed E-state index contributed by atoms with van der Waals surface area (Å²) in [6.45, 7) is 5.16. The highest BCUT2D eigenvalue weighted by Crippen LogP contribution is 2.44. The number of carbonyl (C=O) groups excluding carboxylic acids is 1. The maximum Gasteiger partial charge on any atom is 0.453 e. The Morgan fingerprint density at radius 1 is 1.21 bits per heavy atom. The average molecular weight is 556 g/mol. The number of rotatable bonds is 7. The average Bonchev–Trinajstić information content (AvgIpc) is 3.33. The molecule has 4 heterocycles. The normalized spacial score (nSPS) is 18.1. The van der Waals surface area contributed by atoms with Crippen molar-refractivity contribution in [3.8, 4) is 11.5 Å². The largest absolute Gasteiger partial charge is 0.453 e. The standard InChI is InChI=1S/C22H26F5N11O/c1-9(2)38(30)8-11(28)20(3)13-15(29)34-17(35-16(13)36-19(20)39)14-10-7-31-37(4)18(10)33-12(32-14)5-6-21(23,24)22(25,26)27/h7-9H,5-6,28,30H2,1-4H3,(H3,29,34,35,36,39)/b11-8-. The van der Waals surface area contributed by atoms with Crippen molar-refractivity contribution in [2.45, 2.75) is 57.2 Å². The zero-order chi connectivity index (χ0) is 29.1. The van der Waals surface area contributed by atoms with E-state index in [-0.39, 0.29) is 57.3 Å². The molecule has 0 aliphatic carbocycles. The summed E-state index contributed by atoms with van der Waals surface area (Å²) in [4.78, 5) is 30.0. The first-order valence-corrected chi connectivity index (χ1v) is 11.6. The summed E-state index contributed by atoms with van der Waals surface area (Å²) in [6.07, 6.45) is -5.33. The van der Waals surface area contributed by atoms with E-state index >= 15 is 0 Å². The highest BCUT2D eigenvalue weighted by Gasteiger charge is 2.56. The van der Waals surface area contributed by atoms with Crippen molar-refractivity contribution in [2.75, 3.05) is 11.1 Å². The van der Waals surface area contributed by atoms with Crippen LogP contribution in [0.3, 0.4) is 0 Å². The van der Waals surface area contributed by atoms with Gasteiger partial charge in [-0.2, -0.15) is 27.1 Å². The fourth-order valence-corrected chi connectivity index (χ4v) is 3.99. The van der Waals surface area contributed by atoms with Gasteiger partial charge in [0.2, 0.25) is 5.91 Å². The highest BCUT2D eigenvalue weighted by molar-refractivity contribution is 6.09. The molecule has 0 fully saturated rings. The summed E-state index contributed by atoms with van der Waals surface area (Å²) in [5.41, 5.74) is 11.4. The van der Waals surface area contributed by atoms with Crippen molar-refractivity contribution in [3.05, 3.63) is 29.5 Å². The number of alkyl halides is 5. The third kappa shape index (κ3) is 4.66. The number of carbonyl (C=O) groups is 1. The SMILES string of the molecule is CC(C)N(N)/C=C(\N)C1(C)C(=O)Nc2nc(-c3nc(CCC(F)(F)C(F)(F)F)nc4c3cnn4C)nc(N)c21. The molecule has 0 bridgehead atoms. The minimum Gasteiger partial charge on any atom is -0.400 e. The number of amides is 1. The van der Waals surface area contributed by atoms with Crippen molar-refractivity contribution in [1.29, 1.82) is 0 Å². The van der Waals surface area contributed by atoms with Gasteiger partial charge in [-0.25, -0.2) is 25.8 Å². The number of aryl methyl sites for hydroxylation is 2. The molecule has 0 aromatic carbocycles. The molecule has 210 valence electrons. The van der Waals surface area contributed by atoms with Crippen LogP contribution in [0.1, 0.15) is 38.6 Å². The minimum atomic E-state index is -5.72. The number of hydrogen-bond donors (Lipinski definition) is 4. The second-order valence-electron chi connectivity index (χ2n) is 9.56. The van der Waals surface area contributed by atoms with Gasteiger partial charge in [-0.3, -0.25) is 9.48 Å². The number of aromatic nitrogens is 6. The third-order valence-electron chi connectivity index (χ3n) is 6.51. The Labute approximate surface area is 218 Å². The van der Waals surface area contributed by atoms with Crippen LogP contribution in [0, 0.1) is 0 Å². The molecule has 1 aliphatic heterocycles. The van der Waals surface area contributed by atoms with Crippen LogP contribution >= 0.6 is 0 Å².